The Labute approximate surface area is 197 Å². The quantitative estimate of drug-likeness (QED) is 0.488. The minimum atomic E-state index is 0.118. The van der Waals surface area contributed by atoms with Crippen LogP contribution in [0.1, 0.15) is 109 Å². The summed E-state index contributed by atoms with van der Waals surface area (Å²) < 4.78 is 1.81. The van der Waals surface area contributed by atoms with Gasteiger partial charge in [0.25, 0.3) is 0 Å². The van der Waals surface area contributed by atoms with Gasteiger partial charge < -0.3 is 0 Å². The summed E-state index contributed by atoms with van der Waals surface area (Å²) in [7, 11) is 0. The standard InChI is InChI=1S/C7H12N2.C6H11N3.C5H9N3.3C2H6/c1-7(2,3)6-4-8-9-5-6;1-6(2,3)5-4-7-9-8-5;1-5(2)8-4-3-6-7-8;3*1-2/h4H,5H2,1-3H3;4H,1-3H3,(H,7,8,9);3-5H,1-2H3;3*1-2H3. The van der Waals surface area contributed by atoms with Gasteiger partial charge in [-0.3, -0.25) is 4.68 Å². The lowest BCUT2D eigenvalue weighted by molar-refractivity contribution is 0.499. The third kappa shape index (κ3) is 16.3. The Morgan fingerprint density at radius 1 is 0.906 bits per heavy atom. The lowest BCUT2D eigenvalue weighted by Crippen LogP contribution is -2.11. The molecular formula is C24H50N8. The van der Waals surface area contributed by atoms with Crippen LogP contribution in [0.3, 0.4) is 0 Å². The molecule has 3 rings (SSSR count). The molecule has 1 aliphatic heterocycles. The SMILES string of the molecule is CC.CC.CC.CC(C)(C)C1=CN=NC1.CC(C)(C)c1cn[nH]n1.CC(C)n1ccnn1. The molecule has 0 saturated heterocycles. The second kappa shape index (κ2) is 19.3. The van der Waals surface area contributed by atoms with E-state index in [0.29, 0.717) is 6.04 Å². The summed E-state index contributed by atoms with van der Waals surface area (Å²) >= 11 is 0. The van der Waals surface area contributed by atoms with Crippen LogP contribution in [-0.4, -0.2) is 36.9 Å². The lowest BCUT2D eigenvalue weighted by atomic mass is 9.87. The van der Waals surface area contributed by atoms with Crippen molar-refractivity contribution >= 4 is 0 Å². The summed E-state index contributed by atoms with van der Waals surface area (Å²) in [5.74, 6) is 0. The number of aromatic nitrogens is 6. The molecule has 0 spiro atoms. The first-order valence-corrected chi connectivity index (χ1v) is 11.8. The van der Waals surface area contributed by atoms with E-state index >= 15 is 0 Å². The number of nitrogens with one attached hydrogen (secondary N) is 1. The molecule has 0 aromatic carbocycles. The number of hydrogen-bond acceptors (Lipinski definition) is 6. The van der Waals surface area contributed by atoms with Crippen molar-refractivity contribution < 1.29 is 0 Å². The Kier molecular flexibility index (Phi) is 20.7. The number of hydrogen-bond donors (Lipinski definition) is 1. The second-order valence-corrected chi connectivity index (χ2v) is 8.40. The predicted octanol–water partition coefficient (Wildman–Crippen LogP) is 7.42. The molecule has 0 fully saturated rings. The van der Waals surface area contributed by atoms with Crippen molar-refractivity contribution in [2.45, 2.75) is 108 Å². The normalized spacial score (nSPS) is 11.7. The van der Waals surface area contributed by atoms with Gasteiger partial charge in [-0.15, -0.1) is 5.10 Å². The zero-order valence-corrected chi connectivity index (χ0v) is 23.2. The highest BCUT2D eigenvalue weighted by Crippen LogP contribution is 2.27. The lowest BCUT2D eigenvalue weighted by Gasteiger charge is -2.17. The molecule has 3 heterocycles. The molecule has 8 heteroatoms. The summed E-state index contributed by atoms with van der Waals surface area (Å²) in [6.45, 7) is 29.8. The molecule has 0 unspecified atom stereocenters. The summed E-state index contributed by atoms with van der Waals surface area (Å²) in [5.41, 5.74) is 2.70. The largest absolute Gasteiger partial charge is 0.250 e. The predicted molar refractivity (Wildman–Crippen MR) is 137 cm³/mol. The number of azo groups is 1. The molecule has 32 heavy (non-hydrogen) atoms. The van der Waals surface area contributed by atoms with Crippen LogP contribution in [0.25, 0.3) is 0 Å². The minimum Gasteiger partial charge on any atom is -0.250 e. The van der Waals surface area contributed by atoms with E-state index in [1.54, 1.807) is 17.1 Å². The Morgan fingerprint density at radius 3 is 1.66 bits per heavy atom. The van der Waals surface area contributed by atoms with Crippen LogP contribution in [0.5, 0.6) is 0 Å². The van der Waals surface area contributed by atoms with Gasteiger partial charge in [0.2, 0.25) is 0 Å². The van der Waals surface area contributed by atoms with Gasteiger partial charge in [0, 0.05) is 17.7 Å². The van der Waals surface area contributed by atoms with Crippen molar-refractivity contribution in [3.63, 3.8) is 0 Å². The molecule has 0 radical (unpaired) electrons. The first kappa shape index (κ1) is 34.2. The van der Waals surface area contributed by atoms with Gasteiger partial charge in [-0.25, -0.2) is 0 Å². The molecule has 2 aromatic heterocycles. The third-order valence-corrected chi connectivity index (χ3v) is 3.65. The van der Waals surface area contributed by atoms with Crippen molar-refractivity contribution in [2.24, 2.45) is 15.6 Å². The van der Waals surface area contributed by atoms with E-state index in [1.807, 2.05) is 53.9 Å². The fraction of sp³-hybridized carbons (Fsp3) is 0.750. The summed E-state index contributed by atoms with van der Waals surface area (Å²) in [6.07, 6.45) is 7.14. The van der Waals surface area contributed by atoms with Gasteiger partial charge in [-0.2, -0.15) is 25.6 Å². The van der Waals surface area contributed by atoms with Crippen LogP contribution in [0.4, 0.5) is 0 Å². The molecular weight excluding hydrogens is 400 g/mol. The van der Waals surface area contributed by atoms with E-state index in [-0.39, 0.29) is 10.8 Å². The van der Waals surface area contributed by atoms with E-state index in [0.717, 1.165) is 12.2 Å². The van der Waals surface area contributed by atoms with Crippen LogP contribution < -0.4 is 0 Å². The van der Waals surface area contributed by atoms with E-state index < -0.39 is 0 Å². The highest BCUT2D eigenvalue weighted by molar-refractivity contribution is 5.14. The van der Waals surface area contributed by atoms with Crippen LogP contribution >= 0.6 is 0 Å². The van der Waals surface area contributed by atoms with Gasteiger partial charge in [0.05, 0.1) is 30.8 Å². The van der Waals surface area contributed by atoms with E-state index in [9.17, 15) is 0 Å². The number of aromatic amines is 1. The van der Waals surface area contributed by atoms with Crippen molar-refractivity contribution in [3.8, 4) is 0 Å². The van der Waals surface area contributed by atoms with Crippen LogP contribution in [0.15, 0.2) is 40.6 Å². The topological polar surface area (TPSA) is 97.0 Å². The molecule has 0 atom stereocenters. The number of nitrogens with zero attached hydrogens (tertiary/aromatic N) is 7. The van der Waals surface area contributed by atoms with Crippen LogP contribution in [-0.2, 0) is 5.41 Å². The zero-order chi connectivity index (χ0) is 25.8. The molecule has 0 aliphatic carbocycles. The Balaban J connectivity index is -0.000000353. The maximum Gasteiger partial charge on any atom is 0.0877 e. The number of H-pyrrole nitrogens is 1. The Bertz CT molecular complexity index is 671. The van der Waals surface area contributed by atoms with Crippen molar-refractivity contribution in [1.82, 2.24) is 30.4 Å². The fourth-order valence-electron chi connectivity index (χ4n) is 1.75. The van der Waals surface area contributed by atoms with Gasteiger partial charge in [-0.1, -0.05) is 88.3 Å². The Hall–Kier alpha value is -2.38. The van der Waals surface area contributed by atoms with Gasteiger partial charge >= 0.3 is 0 Å². The average molecular weight is 451 g/mol. The molecule has 0 amide bonds. The first-order chi connectivity index (χ1) is 15.0. The summed E-state index contributed by atoms with van der Waals surface area (Å²) in [6, 6.07) is 0.428. The van der Waals surface area contributed by atoms with Gasteiger partial charge in [0.1, 0.15) is 0 Å². The highest BCUT2D eigenvalue weighted by atomic mass is 15.4. The summed E-state index contributed by atoms with van der Waals surface area (Å²) in [4.78, 5) is 0. The van der Waals surface area contributed by atoms with Gasteiger partial charge in [0.15, 0.2) is 0 Å². The van der Waals surface area contributed by atoms with Crippen molar-refractivity contribution in [3.05, 3.63) is 36.1 Å². The number of rotatable bonds is 1. The van der Waals surface area contributed by atoms with Crippen molar-refractivity contribution in [2.75, 3.05) is 6.54 Å². The average Bonchev–Trinajstić information content (AvgIpc) is 3.56. The molecule has 1 aliphatic rings. The fourth-order valence-corrected chi connectivity index (χ4v) is 1.75. The van der Waals surface area contributed by atoms with Crippen LogP contribution in [0, 0.1) is 5.41 Å². The molecule has 1 N–H and O–H groups in total. The molecule has 2 aromatic rings. The smallest absolute Gasteiger partial charge is 0.0877 e. The van der Waals surface area contributed by atoms with Crippen molar-refractivity contribution in [1.29, 1.82) is 0 Å². The van der Waals surface area contributed by atoms with E-state index in [2.05, 4.69) is 91.3 Å². The second-order valence-electron chi connectivity index (χ2n) is 8.40. The summed E-state index contributed by atoms with van der Waals surface area (Å²) in [5, 5.41) is 25.3. The maximum atomic E-state index is 3.95. The molecule has 8 nitrogen and oxygen atoms in total. The maximum absolute atomic E-state index is 3.95. The van der Waals surface area contributed by atoms with Crippen LogP contribution in [0.2, 0.25) is 0 Å². The van der Waals surface area contributed by atoms with E-state index in [4.69, 9.17) is 0 Å². The minimum absolute atomic E-state index is 0.118. The monoisotopic (exact) mass is 450 g/mol. The molecule has 0 saturated carbocycles. The zero-order valence-electron chi connectivity index (χ0n) is 23.2. The highest BCUT2D eigenvalue weighted by Gasteiger charge is 2.18. The third-order valence-electron chi connectivity index (χ3n) is 3.65. The molecule has 186 valence electrons. The van der Waals surface area contributed by atoms with Gasteiger partial charge in [-0.05, 0) is 24.8 Å². The molecule has 0 bridgehead atoms. The Morgan fingerprint density at radius 2 is 1.47 bits per heavy atom. The van der Waals surface area contributed by atoms with E-state index in [1.165, 1.54) is 5.57 Å². The first-order valence-electron chi connectivity index (χ1n) is 11.8.